The lowest BCUT2D eigenvalue weighted by atomic mass is 9.96. The maximum Gasteiger partial charge on any atom is 0.327 e. The Labute approximate surface area is 102 Å². The van der Waals surface area contributed by atoms with Crippen molar-refractivity contribution in [2.45, 2.75) is 32.6 Å². The number of hydrogen-bond donors (Lipinski definition) is 0. The fraction of sp³-hybridized carbons (Fsp3) is 0.429. The third-order valence-corrected chi connectivity index (χ3v) is 2.59. The largest absolute Gasteiger partial charge is 0.465 e. The fourth-order valence-corrected chi connectivity index (χ4v) is 1.56. The van der Waals surface area contributed by atoms with Gasteiger partial charge in [-0.15, -0.1) is 0 Å². The van der Waals surface area contributed by atoms with Gasteiger partial charge in [0.2, 0.25) is 0 Å². The number of hydrogen-bond acceptors (Lipinski definition) is 3. The average molecular weight is 231 g/mol. The van der Waals surface area contributed by atoms with Crippen LogP contribution in [-0.4, -0.2) is 12.6 Å². The molecular weight excluding hydrogens is 214 g/mol. The highest BCUT2D eigenvalue weighted by Crippen LogP contribution is 2.20. The predicted octanol–water partition coefficient (Wildman–Crippen LogP) is 2.98. The molecule has 0 amide bonds. The third kappa shape index (κ3) is 3.32. The van der Waals surface area contributed by atoms with E-state index in [0.29, 0.717) is 18.1 Å². The molecular formula is C14H17NO2. The second-order valence-electron chi connectivity index (χ2n) is 4.14. The fourth-order valence-electron chi connectivity index (χ4n) is 1.56. The lowest BCUT2D eigenvalue weighted by Gasteiger charge is -2.10. The highest BCUT2D eigenvalue weighted by molar-refractivity contribution is 5.81. The molecule has 1 aromatic rings. The van der Waals surface area contributed by atoms with Gasteiger partial charge in [-0.05, 0) is 24.0 Å². The molecule has 0 aliphatic heterocycles. The van der Waals surface area contributed by atoms with Crippen molar-refractivity contribution in [3.63, 3.8) is 0 Å². The maximum absolute atomic E-state index is 11.5. The van der Waals surface area contributed by atoms with Crippen LogP contribution < -0.4 is 0 Å². The molecule has 0 spiro atoms. The van der Waals surface area contributed by atoms with Gasteiger partial charge in [0.25, 0.3) is 0 Å². The van der Waals surface area contributed by atoms with Gasteiger partial charge in [-0.2, -0.15) is 5.26 Å². The van der Waals surface area contributed by atoms with E-state index in [4.69, 9.17) is 10.00 Å². The minimum atomic E-state index is -0.823. The Bertz CT molecular complexity index is 415. The van der Waals surface area contributed by atoms with Crippen molar-refractivity contribution < 1.29 is 9.53 Å². The van der Waals surface area contributed by atoms with E-state index < -0.39 is 11.9 Å². The molecule has 0 radical (unpaired) electrons. The van der Waals surface area contributed by atoms with Crippen LogP contribution in [0.5, 0.6) is 0 Å². The summed E-state index contributed by atoms with van der Waals surface area (Å²) < 4.78 is 4.87. The predicted molar refractivity (Wildman–Crippen MR) is 65.5 cm³/mol. The highest BCUT2D eigenvalue weighted by Gasteiger charge is 2.21. The first-order chi connectivity index (χ1) is 8.10. The van der Waals surface area contributed by atoms with Gasteiger partial charge in [0.15, 0.2) is 5.92 Å². The first kappa shape index (κ1) is 13.2. The number of carbonyl (C=O) groups excluding carboxylic acids is 1. The first-order valence-electron chi connectivity index (χ1n) is 5.76. The molecule has 0 bridgehead atoms. The molecule has 1 rings (SSSR count). The molecule has 17 heavy (non-hydrogen) atoms. The van der Waals surface area contributed by atoms with E-state index in [1.807, 2.05) is 30.3 Å². The molecule has 90 valence electrons. The lowest BCUT2D eigenvalue weighted by Crippen LogP contribution is -2.14. The zero-order chi connectivity index (χ0) is 12.8. The highest BCUT2D eigenvalue weighted by atomic mass is 16.5. The Hall–Kier alpha value is -1.82. The van der Waals surface area contributed by atoms with E-state index >= 15 is 0 Å². The molecule has 0 aliphatic carbocycles. The van der Waals surface area contributed by atoms with E-state index in [-0.39, 0.29) is 0 Å². The average Bonchev–Trinajstić information content (AvgIpc) is 2.31. The number of esters is 1. The van der Waals surface area contributed by atoms with E-state index in [1.54, 1.807) is 6.92 Å². The summed E-state index contributed by atoms with van der Waals surface area (Å²) in [7, 11) is 0. The quantitative estimate of drug-likeness (QED) is 0.748. The zero-order valence-electron chi connectivity index (χ0n) is 10.4. The summed E-state index contributed by atoms with van der Waals surface area (Å²) in [4.78, 5) is 11.5. The van der Waals surface area contributed by atoms with Crippen molar-refractivity contribution in [2.24, 2.45) is 0 Å². The molecule has 0 saturated carbocycles. The van der Waals surface area contributed by atoms with Gasteiger partial charge >= 0.3 is 5.97 Å². The van der Waals surface area contributed by atoms with Crippen molar-refractivity contribution in [3.8, 4) is 6.07 Å². The van der Waals surface area contributed by atoms with Crippen LogP contribution in [0.1, 0.15) is 43.7 Å². The topological polar surface area (TPSA) is 50.1 Å². The Morgan fingerprint density at radius 3 is 2.24 bits per heavy atom. The number of rotatable bonds is 4. The Balaban J connectivity index is 2.91. The number of nitrogens with zero attached hydrogens (tertiary/aromatic N) is 1. The number of benzene rings is 1. The summed E-state index contributed by atoms with van der Waals surface area (Å²) in [5, 5.41) is 9.00. The monoisotopic (exact) mass is 231 g/mol. The maximum atomic E-state index is 11.5. The van der Waals surface area contributed by atoms with Gasteiger partial charge in [-0.3, -0.25) is 4.79 Å². The number of carbonyl (C=O) groups is 1. The smallest absolute Gasteiger partial charge is 0.327 e. The minimum absolute atomic E-state index is 0.293. The Morgan fingerprint density at radius 1 is 1.29 bits per heavy atom. The van der Waals surface area contributed by atoms with Gasteiger partial charge in [0.05, 0.1) is 12.7 Å². The van der Waals surface area contributed by atoms with Gasteiger partial charge in [-0.25, -0.2) is 0 Å². The summed E-state index contributed by atoms with van der Waals surface area (Å²) >= 11 is 0. The van der Waals surface area contributed by atoms with E-state index in [2.05, 4.69) is 13.8 Å². The molecule has 0 fully saturated rings. The third-order valence-electron chi connectivity index (χ3n) is 2.59. The van der Waals surface area contributed by atoms with E-state index in [9.17, 15) is 4.79 Å². The summed E-state index contributed by atoms with van der Waals surface area (Å²) in [6, 6.07) is 9.51. The molecule has 1 aromatic carbocycles. The standard InChI is InChI=1S/C14H17NO2/c1-4-17-14(16)13(9-15)12-7-5-11(6-8-12)10(2)3/h5-8,10,13H,4H2,1-3H3/t13-/m0/s1. The van der Waals surface area contributed by atoms with E-state index in [1.165, 1.54) is 5.56 Å². The summed E-state index contributed by atoms with van der Waals surface area (Å²) in [5.74, 6) is -0.865. The van der Waals surface area contributed by atoms with Crippen LogP contribution in [0.15, 0.2) is 24.3 Å². The molecule has 0 saturated heterocycles. The lowest BCUT2D eigenvalue weighted by molar-refractivity contribution is -0.143. The van der Waals surface area contributed by atoms with Gasteiger partial charge in [-0.1, -0.05) is 38.1 Å². The minimum Gasteiger partial charge on any atom is -0.465 e. The number of ether oxygens (including phenoxy) is 1. The Kier molecular flexibility index (Phi) is 4.71. The van der Waals surface area contributed by atoms with Crippen LogP contribution in [0.25, 0.3) is 0 Å². The van der Waals surface area contributed by atoms with Crippen LogP contribution in [0.3, 0.4) is 0 Å². The van der Waals surface area contributed by atoms with Crippen LogP contribution in [-0.2, 0) is 9.53 Å². The molecule has 0 aliphatic rings. The van der Waals surface area contributed by atoms with Gasteiger partial charge < -0.3 is 4.74 Å². The van der Waals surface area contributed by atoms with Crippen LogP contribution in [0, 0.1) is 11.3 Å². The van der Waals surface area contributed by atoms with Crippen molar-refractivity contribution in [2.75, 3.05) is 6.61 Å². The first-order valence-corrected chi connectivity index (χ1v) is 5.76. The van der Waals surface area contributed by atoms with Crippen molar-refractivity contribution >= 4 is 5.97 Å². The summed E-state index contributed by atoms with van der Waals surface area (Å²) in [6.07, 6.45) is 0. The zero-order valence-corrected chi connectivity index (χ0v) is 10.4. The summed E-state index contributed by atoms with van der Waals surface area (Å²) in [5.41, 5.74) is 1.88. The van der Waals surface area contributed by atoms with Crippen LogP contribution in [0.2, 0.25) is 0 Å². The van der Waals surface area contributed by atoms with Crippen LogP contribution in [0.4, 0.5) is 0 Å². The molecule has 0 aromatic heterocycles. The van der Waals surface area contributed by atoms with Crippen molar-refractivity contribution in [1.29, 1.82) is 5.26 Å². The molecule has 3 nitrogen and oxygen atoms in total. The van der Waals surface area contributed by atoms with E-state index in [0.717, 1.165) is 0 Å². The molecule has 0 N–H and O–H groups in total. The molecule has 0 heterocycles. The summed E-state index contributed by atoms with van der Waals surface area (Å²) in [6.45, 7) is 6.22. The SMILES string of the molecule is CCOC(=O)[C@@H](C#N)c1ccc(C(C)C)cc1. The number of nitriles is 1. The van der Waals surface area contributed by atoms with Crippen molar-refractivity contribution in [3.05, 3.63) is 35.4 Å². The van der Waals surface area contributed by atoms with Gasteiger partial charge in [0, 0.05) is 0 Å². The van der Waals surface area contributed by atoms with Crippen LogP contribution >= 0.6 is 0 Å². The van der Waals surface area contributed by atoms with Crippen molar-refractivity contribution in [1.82, 2.24) is 0 Å². The normalized spacial score (nSPS) is 11.9. The van der Waals surface area contributed by atoms with Gasteiger partial charge in [0.1, 0.15) is 0 Å². The second kappa shape index (κ2) is 6.05. The molecule has 0 unspecified atom stereocenters. The molecule has 1 atom stereocenters. The second-order valence-corrected chi connectivity index (χ2v) is 4.14. The Morgan fingerprint density at radius 2 is 1.82 bits per heavy atom. The molecule has 3 heteroatoms.